The summed E-state index contributed by atoms with van der Waals surface area (Å²) in [6.07, 6.45) is 18.9. The minimum atomic E-state index is -0.168. The van der Waals surface area contributed by atoms with Crippen LogP contribution in [0.25, 0.3) is 0 Å². The molecule has 44 heavy (non-hydrogen) atoms. The van der Waals surface area contributed by atoms with Gasteiger partial charge in [0, 0.05) is 49.1 Å². The van der Waals surface area contributed by atoms with E-state index in [1.54, 1.807) is 0 Å². The van der Waals surface area contributed by atoms with E-state index in [4.69, 9.17) is 4.99 Å². The summed E-state index contributed by atoms with van der Waals surface area (Å²) in [5, 5.41) is 2.96. The van der Waals surface area contributed by atoms with Crippen LogP contribution in [0.2, 0.25) is 0 Å². The van der Waals surface area contributed by atoms with Crippen molar-refractivity contribution in [1.29, 1.82) is 0 Å². The van der Waals surface area contributed by atoms with Crippen LogP contribution < -0.4 is 5.32 Å². The highest BCUT2D eigenvalue weighted by Crippen LogP contribution is 2.35. The maximum atomic E-state index is 14.8. The third-order valence-corrected chi connectivity index (χ3v) is 9.60. The third kappa shape index (κ3) is 8.95. The first-order valence-electron chi connectivity index (χ1n) is 17.2. The normalized spacial score (nSPS) is 23.1. The summed E-state index contributed by atoms with van der Waals surface area (Å²) in [7, 11) is 0. The van der Waals surface area contributed by atoms with E-state index in [1.165, 1.54) is 37.8 Å². The summed E-state index contributed by atoms with van der Waals surface area (Å²) in [5.74, 6) is 0.271. The minimum absolute atomic E-state index is 0.00455. The second-order valence-corrected chi connectivity index (χ2v) is 14.1. The quantitative estimate of drug-likeness (QED) is 0.345. The number of hydrogen-bond donors (Lipinski definition) is 1. The van der Waals surface area contributed by atoms with Crippen LogP contribution in [0.15, 0.2) is 64.8 Å². The lowest BCUT2D eigenvalue weighted by Gasteiger charge is -2.38. The van der Waals surface area contributed by atoms with E-state index in [-0.39, 0.29) is 29.3 Å². The average Bonchev–Trinajstić information content (AvgIpc) is 3.20. The molecule has 4 rings (SSSR count). The van der Waals surface area contributed by atoms with Crippen molar-refractivity contribution in [3.63, 3.8) is 0 Å². The molecule has 3 atom stereocenters. The van der Waals surface area contributed by atoms with Gasteiger partial charge in [0.05, 0.1) is 6.04 Å². The van der Waals surface area contributed by atoms with Gasteiger partial charge < -0.3 is 15.1 Å². The van der Waals surface area contributed by atoms with Gasteiger partial charge in [-0.2, -0.15) is 0 Å². The van der Waals surface area contributed by atoms with Crippen molar-refractivity contribution in [2.45, 2.75) is 111 Å². The maximum Gasteiger partial charge on any atom is 0.273 e. The number of allylic oxidation sites excluding steroid dienone is 4. The molecular weight excluding hydrogens is 544 g/mol. The fourth-order valence-electron chi connectivity index (χ4n) is 6.53. The first-order chi connectivity index (χ1) is 21.1. The molecule has 0 aromatic heterocycles. The highest BCUT2D eigenvalue weighted by molar-refractivity contribution is 6.46. The van der Waals surface area contributed by atoms with Gasteiger partial charge in [-0.3, -0.25) is 14.6 Å². The molecular formula is C38H56N4O2. The molecule has 6 heteroatoms. The van der Waals surface area contributed by atoms with Gasteiger partial charge in [-0.15, -0.1) is 0 Å². The van der Waals surface area contributed by atoms with Gasteiger partial charge in [0.2, 0.25) is 0 Å². The molecule has 1 N–H and O–H groups in total. The molecule has 3 unspecified atom stereocenters. The van der Waals surface area contributed by atoms with E-state index in [0.29, 0.717) is 30.3 Å². The van der Waals surface area contributed by atoms with Gasteiger partial charge in [0.1, 0.15) is 5.71 Å². The van der Waals surface area contributed by atoms with Crippen molar-refractivity contribution in [2.24, 2.45) is 16.3 Å². The summed E-state index contributed by atoms with van der Waals surface area (Å²) in [5.41, 5.74) is 4.43. The Bertz CT molecular complexity index is 1240. The number of hydrogen-bond acceptors (Lipinski definition) is 4. The van der Waals surface area contributed by atoms with Crippen molar-refractivity contribution in [3.05, 3.63) is 71.0 Å². The van der Waals surface area contributed by atoms with Crippen LogP contribution in [0.1, 0.15) is 121 Å². The topological polar surface area (TPSA) is 65.0 Å². The van der Waals surface area contributed by atoms with Crippen molar-refractivity contribution in [1.82, 2.24) is 15.1 Å². The maximum absolute atomic E-state index is 14.8. The second-order valence-electron chi connectivity index (χ2n) is 14.1. The molecule has 0 bridgehead atoms. The number of amides is 2. The van der Waals surface area contributed by atoms with E-state index in [9.17, 15) is 9.59 Å². The van der Waals surface area contributed by atoms with Crippen LogP contribution in [0.5, 0.6) is 0 Å². The van der Waals surface area contributed by atoms with Gasteiger partial charge in [-0.25, -0.2) is 0 Å². The zero-order valence-electron chi connectivity index (χ0n) is 28.2. The number of nitrogens with one attached hydrogen (secondary N) is 1. The molecule has 0 saturated carbocycles. The Morgan fingerprint density at radius 2 is 1.73 bits per heavy atom. The lowest BCUT2D eigenvalue weighted by atomic mass is 9.77. The predicted molar refractivity (Wildman–Crippen MR) is 183 cm³/mol. The number of rotatable bonds is 7. The molecule has 2 heterocycles. The molecule has 1 aliphatic carbocycles. The average molecular weight is 601 g/mol. The Morgan fingerprint density at radius 1 is 1.05 bits per heavy atom. The van der Waals surface area contributed by atoms with Crippen molar-refractivity contribution < 1.29 is 9.59 Å². The molecule has 2 amide bonds. The monoisotopic (exact) mass is 600 g/mol. The first kappa shape index (κ1) is 33.7. The number of carbonyl (C=O) groups is 2. The molecule has 3 aliphatic rings. The molecule has 0 radical (unpaired) electrons. The largest absolute Gasteiger partial charge is 0.372 e. The first-order valence-corrected chi connectivity index (χ1v) is 17.2. The molecule has 6 nitrogen and oxygen atoms in total. The number of aliphatic imine (C=N–C) groups is 1. The SMILES string of the molecule is CCCNC(=O)c1ccc(C(C)N2CC(C(C)(C)C)CCC(C)N=C(C3=CC(N4CCCCCCC4)=CCC=C3)C2=O)cc1. The van der Waals surface area contributed by atoms with Crippen molar-refractivity contribution >= 4 is 17.5 Å². The zero-order valence-corrected chi connectivity index (χ0v) is 28.2. The van der Waals surface area contributed by atoms with Crippen LogP contribution in [0.3, 0.4) is 0 Å². The van der Waals surface area contributed by atoms with Crippen LogP contribution in [0, 0.1) is 11.3 Å². The highest BCUT2D eigenvalue weighted by atomic mass is 16.2. The van der Waals surface area contributed by atoms with E-state index >= 15 is 0 Å². The molecule has 0 spiro atoms. The summed E-state index contributed by atoms with van der Waals surface area (Å²) in [4.78, 5) is 37.1. The van der Waals surface area contributed by atoms with E-state index in [2.05, 4.69) is 74.0 Å². The smallest absolute Gasteiger partial charge is 0.273 e. The Morgan fingerprint density at radius 3 is 2.39 bits per heavy atom. The van der Waals surface area contributed by atoms with Crippen LogP contribution >= 0.6 is 0 Å². The highest BCUT2D eigenvalue weighted by Gasteiger charge is 2.35. The number of carbonyl (C=O) groups excluding carboxylic acids is 2. The number of nitrogens with zero attached hydrogens (tertiary/aromatic N) is 3. The standard InChI is InChI=1S/C38H56N4O2/c1-7-23-39-36(43)31-20-18-30(19-21-31)29(3)42-27-33(38(4,5)6)22-17-28(2)40-35(37(42)44)32-15-11-12-16-34(26-32)41-24-13-9-8-10-14-25-41/h11,15-16,18-21,26,28-29,33H,7-10,12-14,17,22-25,27H2,1-6H3,(H,39,43). The Hall–Kier alpha value is -3.15. The lowest BCUT2D eigenvalue weighted by Crippen LogP contribution is -2.44. The molecule has 1 aromatic rings. The minimum Gasteiger partial charge on any atom is -0.372 e. The number of likely N-dealkylation sites (tertiary alicyclic amines) is 1. The van der Waals surface area contributed by atoms with Gasteiger partial charge >= 0.3 is 0 Å². The molecule has 2 aliphatic heterocycles. The van der Waals surface area contributed by atoms with Crippen molar-refractivity contribution in [2.75, 3.05) is 26.2 Å². The van der Waals surface area contributed by atoms with Crippen LogP contribution in [-0.4, -0.2) is 59.5 Å². The molecule has 1 saturated heterocycles. The fourth-order valence-corrected chi connectivity index (χ4v) is 6.53. The van der Waals surface area contributed by atoms with E-state index in [0.717, 1.165) is 49.9 Å². The van der Waals surface area contributed by atoms with Gasteiger partial charge in [0.25, 0.3) is 11.8 Å². The Kier molecular flexibility index (Phi) is 12.1. The molecule has 240 valence electrons. The van der Waals surface area contributed by atoms with Gasteiger partial charge in [0.15, 0.2) is 0 Å². The predicted octanol–water partition coefficient (Wildman–Crippen LogP) is 8.04. The summed E-state index contributed by atoms with van der Waals surface area (Å²) >= 11 is 0. The van der Waals surface area contributed by atoms with Gasteiger partial charge in [-0.05, 0) is 87.5 Å². The fraction of sp³-hybridized carbons (Fsp3) is 0.605. The summed E-state index contributed by atoms with van der Waals surface area (Å²) < 4.78 is 0. The van der Waals surface area contributed by atoms with Crippen LogP contribution in [0.4, 0.5) is 0 Å². The van der Waals surface area contributed by atoms with E-state index < -0.39 is 0 Å². The van der Waals surface area contributed by atoms with Crippen LogP contribution in [-0.2, 0) is 4.79 Å². The zero-order chi connectivity index (χ0) is 31.7. The Labute approximate surface area is 266 Å². The van der Waals surface area contributed by atoms with Gasteiger partial charge in [-0.1, -0.05) is 77.3 Å². The molecule has 1 fully saturated rings. The lowest BCUT2D eigenvalue weighted by molar-refractivity contribution is -0.127. The van der Waals surface area contributed by atoms with Crippen molar-refractivity contribution in [3.8, 4) is 0 Å². The third-order valence-electron chi connectivity index (χ3n) is 9.60. The van der Waals surface area contributed by atoms with E-state index in [1.807, 2.05) is 31.2 Å². The second kappa shape index (κ2) is 15.7. The number of benzene rings is 1. The summed E-state index contributed by atoms with van der Waals surface area (Å²) in [6, 6.07) is 7.66. The molecule has 1 aromatic carbocycles. The Balaban J connectivity index is 1.69. The summed E-state index contributed by atoms with van der Waals surface area (Å²) in [6.45, 7) is 16.6.